The first-order valence-electron chi connectivity index (χ1n) is 7.71. The fourth-order valence-electron chi connectivity index (χ4n) is 2.85. The second-order valence-corrected chi connectivity index (χ2v) is 6.50. The van der Waals surface area contributed by atoms with E-state index in [0.29, 0.717) is 24.1 Å². The van der Waals surface area contributed by atoms with E-state index < -0.39 is 0 Å². The average molecular weight is 290 g/mol. The number of hydrogen-bond donors (Lipinski definition) is 0. The van der Waals surface area contributed by atoms with Crippen LogP contribution in [0.15, 0.2) is 18.3 Å². The standard InChI is InChI=1S/C17H26N2O2/c1-13(2)19-9-7-17(3,8-10-19)15(20)11-14-5-6-16(21-4)18-12-14/h5-6,12-13H,7-11H2,1-4H3. The minimum Gasteiger partial charge on any atom is -0.481 e. The third-order valence-corrected chi connectivity index (χ3v) is 4.68. The predicted octanol–water partition coefficient (Wildman–Crippen LogP) is 2.71. The molecule has 0 unspecified atom stereocenters. The smallest absolute Gasteiger partial charge is 0.212 e. The highest BCUT2D eigenvalue weighted by Crippen LogP contribution is 2.33. The third-order valence-electron chi connectivity index (χ3n) is 4.68. The SMILES string of the molecule is COc1ccc(CC(=O)C2(C)CCN(C(C)C)CC2)cn1. The molecule has 1 aromatic heterocycles. The maximum absolute atomic E-state index is 12.6. The van der Waals surface area contributed by atoms with E-state index >= 15 is 0 Å². The lowest BCUT2D eigenvalue weighted by Gasteiger charge is -2.40. The molecule has 21 heavy (non-hydrogen) atoms. The highest BCUT2D eigenvalue weighted by molar-refractivity contribution is 5.86. The van der Waals surface area contributed by atoms with E-state index in [0.717, 1.165) is 31.5 Å². The summed E-state index contributed by atoms with van der Waals surface area (Å²) in [7, 11) is 1.59. The number of likely N-dealkylation sites (tertiary alicyclic amines) is 1. The molecule has 0 atom stereocenters. The number of carbonyl (C=O) groups is 1. The van der Waals surface area contributed by atoms with Crippen molar-refractivity contribution in [3.8, 4) is 5.88 Å². The molecule has 1 saturated heterocycles. The van der Waals surface area contributed by atoms with Gasteiger partial charge in [0.15, 0.2) is 0 Å². The first-order valence-corrected chi connectivity index (χ1v) is 7.71. The zero-order chi connectivity index (χ0) is 15.5. The van der Waals surface area contributed by atoms with Crippen LogP contribution in [0.25, 0.3) is 0 Å². The summed E-state index contributed by atoms with van der Waals surface area (Å²) in [5.41, 5.74) is 0.777. The molecule has 0 spiro atoms. The van der Waals surface area contributed by atoms with Crippen LogP contribution in [0.3, 0.4) is 0 Å². The molecule has 0 saturated carbocycles. The molecule has 4 heteroatoms. The summed E-state index contributed by atoms with van der Waals surface area (Å²) in [6.45, 7) is 8.58. The molecule has 2 rings (SSSR count). The largest absolute Gasteiger partial charge is 0.481 e. The quantitative estimate of drug-likeness (QED) is 0.836. The third kappa shape index (κ3) is 3.82. The van der Waals surface area contributed by atoms with Gasteiger partial charge < -0.3 is 9.64 Å². The molecule has 116 valence electrons. The molecule has 0 bridgehead atoms. The summed E-state index contributed by atoms with van der Waals surface area (Å²) >= 11 is 0. The lowest BCUT2D eigenvalue weighted by Crippen LogP contribution is -2.45. The Labute approximate surface area is 127 Å². The summed E-state index contributed by atoms with van der Waals surface area (Å²) in [5.74, 6) is 0.917. The van der Waals surface area contributed by atoms with Crippen molar-refractivity contribution in [3.63, 3.8) is 0 Å². The van der Waals surface area contributed by atoms with E-state index in [1.54, 1.807) is 13.3 Å². The Morgan fingerprint density at radius 3 is 2.52 bits per heavy atom. The zero-order valence-electron chi connectivity index (χ0n) is 13.6. The number of pyridine rings is 1. The fourth-order valence-corrected chi connectivity index (χ4v) is 2.85. The lowest BCUT2D eigenvalue weighted by molar-refractivity contribution is -0.130. The second kappa shape index (κ2) is 6.56. The van der Waals surface area contributed by atoms with E-state index in [-0.39, 0.29) is 5.41 Å². The number of methoxy groups -OCH3 is 1. The Bertz CT molecular complexity index is 474. The Balaban J connectivity index is 1.96. The van der Waals surface area contributed by atoms with Gasteiger partial charge in [0.2, 0.25) is 5.88 Å². The Morgan fingerprint density at radius 1 is 1.38 bits per heavy atom. The van der Waals surface area contributed by atoms with Gasteiger partial charge in [0.05, 0.1) is 7.11 Å². The molecule has 0 aromatic carbocycles. The summed E-state index contributed by atoms with van der Waals surface area (Å²) in [6.07, 6.45) is 4.11. The number of piperidine rings is 1. The van der Waals surface area contributed by atoms with Crippen LogP contribution in [0, 0.1) is 5.41 Å². The first kappa shape index (κ1) is 16.0. The molecule has 1 fully saturated rings. The van der Waals surface area contributed by atoms with Gasteiger partial charge in [0, 0.05) is 30.1 Å². The molecule has 4 nitrogen and oxygen atoms in total. The summed E-state index contributed by atoms with van der Waals surface area (Å²) in [6, 6.07) is 4.30. The molecular weight excluding hydrogens is 264 g/mol. The number of nitrogens with zero attached hydrogens (tertiary/aromatic N) is 2. The van der Waals surface area contributed by atoms with Crippen molar-refractivity contribution in [2.24, 2.45) is 5.41 Å². The van der Waals surface area contributed by atoms with Crippen LogP contribution in [0.1, 0.15) is 39.2 Å². The monoisotopic (exact) mass is 290 g/mol. The first-order chi connectivity index (χ1) is 9.94. The Morgan fingerprint density at radius 2 is 2.05 bits per heavy atom. The lowest BCUT2D eigenvalue weighted by atomic mass is 9.75. The van der Waals surface area contributed by atoms with Gasteiger partial charge in [0.1, 0.15) is 5.78 Å². The highest BCUT2D eigenvalue weighted by Gasteiger charge is 2.36. The molecule has 0 radical (unpaired) electrons. The van der Waals surface area contributed by atoms with Gasteiger partial charge in [-0.15, -0.1) is 0 Å². The molecule has 1 aliphatic rings. The van der Waals surface area contributed by atoms with E-state index in [9.17, 15) is 4.79 Å². The molecule has 1 aliphatic heterocycles. The second-order valence-electron chi connectivity index (χ2n) is 6.50. The molecule has 1 aromatic rings. The van der Waals surface area contributed by atoms with Gasteiger partial charge in [-0.2, -0.15) is 0 Å². The molecule has 0 amide bonds. The number of aromatic nitrogens is 1. The summed E-state index contributed by atoms with van der Waals surface area (Å²) in [4.78, 5) is 19.3. The molecule has 0 aliphatic carbocycles. The van der Waals surface area contributed by atoms with E-state index in [1.165, 1.54) is 0 Å². The summed E-state index contributed by atoms with van der Waals surface area (Å²) < 4.78 is 5.04. The maximum atomic E-state index is 12.6. The average Bonchev–Trinajstić information content (AvgIpc) is 2.48. The number of ketones is 1. The van der Waals surface area contributed by atoms with Crippen molar-refractivity contribution in [1.82, 2.24) is 9.88 Å². The Kier molecular flexibility index (Phi) is 4.99. The summed E-state index contributed by atoms with van der Waals surface area (Å²) in [5, 5.41) is 0. The highest BCUT2D eigenvalue weighted by atomic mass is 16.5. The van der Waals surface area contributed by atoms with E-state index in [4.69, 9.17) is 4.74 Å². The van der Waals surface area contributed by atoms with E-state index in [1.807, 2.05) is 12.1 Å². The van der Waals surface area contributed by atoms with Crippen LogP contribution in [0.4, 0.5) is 0 Å². The maximum Gasteiger partial charge on any atom is 0.212 e. The van der Waals surface area contributed by atoms with Crippen LogP contribution in [-0.2, 0) is 11.2 Å². The minimum absolute atomic E-state index is 0.189. The van der Waals surface area contributed by atoms with Gasteiger partial charge in [-0.05, 0) is 45.3 Å². The number of Topliss-reactive ketones (excluding diaryl/α,β-unsaturated/α-hetero) is 1. The molecule has 2 heterocycles. The van der Waals surface area contributed by atoms with Crippen molar-refractivity contribution in [3.05, 3.63) is 23.9 Å². The van der Waals surface area contributed by atoms with Crippen molar-refractivity contribution in [1.29, 1.82) is 0 Å². The Hall–Kier alpha value is -1.42. The number of ether oxygens (including phenoxy) is 1. The van der Waals surface area contributed by atoms with Gasteiger partial charge in [-0.25, -0.2) is 4.98 Å². The van der Waals surface area contributed by atoms with Crippen molar-refractivity contribution >= 4 is 5.78 Å². The van der Waals surface area contributed by atoms with Crippen LogP contribution >= 0.6 is 0 Å². The number of carbonyl (C=O) groups excluding carboxylic acids is 1. The zero-order valence-corrected chi connectivity index (χ0v) is 13.6. The molecule has 0 N–H and O–H groups in total. The van der Waals surface area contributed by atoms with Gasteiger partial charge in [-0.3, -0.25) is 4.79 Å². The minimum atomic E-state index is -0.189. The van der Waals surface area contributed by atoms with E-state index in [2.05, 4.69) is 30.7 Å². The van der Waals surface area contributed by atoms with Crippen LogP contribution < -0.4 is 4.74 Å². The van der Waals surface area contributed by atoms with Crippen LogP contribution in [0.2, 0.25) is 0 Å². The van der Waals surface area contributed by atoms with Gasteiger partial charge >= 0.3 is 0 Å². The van der Waals surface area contributed by atoms with Crippen LogP contribution in [0.5, 0.6) is 5.88 Å². The van der Waals surface area contributed by atoms with Gasteiger partial charge in [-0.1, -0.05) is 13.0 Å². The van der Waals surface area contributed by atoms with Crippen molar-refractivity contribution in [2.75, 3.05) is 20.2 Å². The van der Waals surface area contributed by atoms with Crippen LogP contribution in [-0.4, -0.2) is 41.9 Å². The fraction of sp³-hybridized carbons (Fsp3) is 0.647. The number of rotatable bonds is 5. The normalized spacial score (nSPS) is 18.7. The topological polar surface area (TPSA) is 42.4 Å². The van der Waals surface area contributed by atoms with Crippen molar-refractivity contribution < 1.29 is 9.53 Å². The van der Waals surface area contributed by atoms with Crippen molar-refractivity contribution in [2.45, 2.75) is 46.1 Å². The molecular formula is C17H26N2O2. The number of hydrogen-bond acceptors (Lipinski definition) is 4. The predicted molar refractivity (Wildman–Crippen MR) is 83.6 cm³/mol. The van der Waals surface area contributed by atoms with Gasteiger partial charge in [0.25, 0.3) is 0 Å².